The second-order valence-corrected chi connectivity index (χ2v) is 5.53. The first-order valence-electron chi connectivity index (χ1n) is 7.65. The summed E-state index contributed by atoms with van der Waals surface area (Å²) in [7, 11) is 0. The third-order valence-electron chi connectivity index (χ3n) is 4.14. The maximum atomic E-state index is 12.8. The fourth-order valence-corrected chi connectivity index (χ4v) is 3.15. The number of aromatic amines is 1. The molecule has 0 radical (unpaired) electrons. The quantitative estimate of drug-likeness (QED) is 0.601. The molecule has 2 heterocycles. The maximum Gasteiger partial charge on any atom is 0.337 e. The number of imidazole rings is 1. The van der Waals surface area contributed by atoms with Crippen LogP contribution in [0.3, 0.4) is 0 Å². The topological polar surface area (TPSA) is 79.5 Å². The van der Waals surface area contributed by atoms with Gasteiger partial charge in [-0.25, -0.2) is 14.0 Å². The van der Waals surface area contributed by atoms with Gasteiger partial charge in [0, 0.05) is 10.9 Å². The zero-order chi connectivity index (χ0) is 16.7. The van der Waals surface area contributed by atoms with Gasteiger partial charge in [-0.05, 0) is 6.07 Å². The molecule has 4 rings (SSSR count). The van der Waals surface area contributed by atoms with E-state index in [9.17, 15) is 14.7 Å². The van der Waals surface area contributed by atoms with E-state index < -0.39 is 11.4 Å². The SMILES string of the molecule is O=c1[nH]c2ccccc2c2c(-c3ccccc3)n(CCO)c(=O)n12. The van der Waals surface area contributed by atoms with Gasteiger partial charge in [0.2, 0.25) is 0 Å². The predicted molar refractivity (Wildman–Crippen MR) is 92.3 cm³/mol. The van der Waals surface area contributed by atoms with E-state index in [0.717, 1.165) is 15.4 Å². The van der Waals surface area contributed by atoms with E-state index in [1.807, 2.05) is 48.5 Å². The number of nitrogens with one attached hydrogen (secondary N) is 1. The summed E-state index contributed by atoms with van der Waals surface area (Å²) in [6.45, 7) is -0.0645. The van der Waals surface area contributed by atoms with Crippen molar-refractivity contribution in [3.63, 3.8) is 0 Å². The second kappa shape index (κ2) is 5.50. The standard InChI is InChI=1S/C18H15N3O3/c22-11-10-20-15(12-6-2-1-3-7-12)16-13-8-4-5-9-14(13)19-17(23)21(16)18(20)24/h1-9,22H,10-11H2,(H,19,23). The number of para-hydroxylation sites is 1. The number of benzene rings is 2. The number of H-pyrrole nitrogens is 1. The molecule has 0 atom stereocenters. The number of hydrogen-bond acceptors (Lipinski definition) is 3. The summed E-state index contributed by atoms with van der Waals surface area (Å²) in [5.41, 5.74) is 1.74. The summed E-state index contributed by atoms with van der Waals surface area (Å²) < 4.78 is 2.59. The Labute approximate surface area is 136 Å². The number of nitrogens with zero attached hydrogens (tertiary/aromatic N) is 2. The second-order valence-electron chi connectivity index (χ2n) is 5.53. The van der Waals surface area contributed by atoms with Crippen LogP contribution >= 0.6 is 0 Å². The van der Waals surface area contributed by atoms with Crippen LogP contribution in [-0.4, -0.2) is 25.7 Å². The highest BCUT2D eigenvalue weighted by molar-refractivity contribution is 6.00. The van der Waals surface area contributed by atoms with Crippen molar-refractivity contribution in [2.75, 3.05) is 6.61 Å². The molecule has 2 aromatic carbocycles. The minimum absolute atomic E-state index is 0.124. The molecule has 120 valence electrons. The number of hydrogen-bond donors (Lipinski definition) is 2. The van der Waals surface area contributed by atoms with Crippen molar-refractivity contribution in [1.29, 1.82) is 0 Å². The van der Waals surface area contributed by atoms with E-state index in [1.54, 1.807) is 6.07 Å². The van der Waals surface area contributed by atoms with E-state index in [-0.39, 0.29) is 13.2 Å². The van der Waals surface area contributed by atoms with Gasteiger partial charge in [-0.2, -0.15) is 0 Å². The lowest BCUT2D eigenvalue weighted by Crippen LogP contribution is -2.30. The Morgan fingerprint density at radius 2 is 1.67 bits per heavy atom. The first-order valence-corrected chi connectivity index (χ1v) is 7.65. The Morgan fingerprint density at radius 1 is 0.958 bits per heavy atom. The van der Waals surface area contributed by atoms with Crippen molar-refractivity contribution >= 4 is 16.4 Å². The van der Waals surface area contributed by atoms with Crippen LogP contribution in [0.1, 0.15) is 0 Å². The molecule has 0 aliphatic heterocycles. The minimum atomic E-state index is -0.484. The fourth-order valence-electron chi connectivity index (χ4n) is 3.15. The Hall–Kier alpha value is -3.12. The number of rotatable bonds is 3. The van der Waals surface area contributed by atoms with Gasteiger partial charge < -0.3 is 10.1 Å². The molecule has 0 fully saturated rings. The Balaban J connectivity index is 2.29. The van der Waals surface area contributed by atoms with Crippen LogP contribution in [0, 0.1) is 0 Å². The molecule has 0 bridgehead atoms. The number of aromatic nitrogens is 3. The Kier molecular flexibility index (Phi) is 3.32. The van der Waals surface area contributed by atoms with Crippen LogP contribution in [0.5, 0.6) is 0 Å². The molecular formula is C18H15N3O3. The van der Waals surface area contributed by atoms with E-state index in [0.29, 0.717) is 16.7 Å². The van der Waals surface area contributed by atoms with Crippen LogP contribution in [0.25, 0.3) is 27.7 Å². The van der Waals surface area contributed by atoms with Crippen LogP contribution in [0.2, 0.25) is 0 Å². The molecule has 0 saturated carbocycles. The summed E-state index contributed by atoms with van der Waals surface area (Å²) in [5, 5.41) is 10.2. The highest BCUT2D eigenvalue weighted by atomic mass is 16.3. The normalized spacial score (nSPS) is 11.4. The maximum absolute atomic E-state index is 12.8. The molecule has 6 heteroatoms. The summed E-state index contributed by atoms with van der Waals surface area (Å²) in [4.78, 5) is 28.0. The average molecular weight is 321 g/mol. The van der Waals surface area contributed by atoms with Crippen LogP contribution in [0.4, 0.5) is 0 Å². The lowest BCUT2D eigenvalue weighted by atomic mass is 10.1. The molecule has 0 aliphatic rings. The zero-order valence-electron chi connectivity index (χ0n) is 12.8. The molecule has 0 amide bonds. The van der Waals surface area contributed by atoms with Gasteiger partial charge in [-0.15, -0.1) is 0 Å². The summed E-state index contributed by atoms with van der Waals surface area (Å²) in [5.74, 6) is 0. The molecule has 6 nitrogen and oxygen atoms in total. The van der Waals surface area contributed by atoms with Crippen LogP contribution < -0.4 is 11.4 Å². The summed E-state index contributed by atoms with van der Waals surface area (Å²) in [6, 6.07) is 16.8. The Morgan fingerprint density at radius 3 is 2.42 bits per heavy atom. The lowest BCUT2D eigenvalue weighted by Gasteiger charge is -2.07. The molecule has 2 aromatic heterocycles. The first kappa shape index (κ1) is 14.5. The van der Waals surface area contributed by atoms with Crippen molar-refractivity contribution < 1.29 is 5.11 Å². The van der Waals surface area contributed by atoms with E-state index in [1.165, 1.54) is 4.57 Å². The molecule has 0 saturated heterocycles. The van der Waals surface area contributed by atoms with Gasteiger partial charge in [0.1, 0.15) is 0 Å². The molecule has 4 aromatic rings. The predicted octanol–water partition coefficient (Wildman–Crippen LogP) is 1.60. The molecule has 0 unspecified atom stereocenters. The van der Waals surface area contributed by atoms with Crippen molar-refractivity contribution in [1.82, 2.24) is 14.0 Å². The summed E-state index contributed by atoms with van der Waals surface area (Å²) >= 11 is 0. The number of aliphatic hydroxyl groups is 1. The van der Waals surface area contributed by atoms with Gasteiger partial charge in [0.15, 0.2) is 0 Å². The molecule has 0 spiro atoms. The smallest absolute Gasteiger partial charge is 0.337 e. The largest absolute Gasteiger partial charge is 0.395 e. The fraction of sp³-hybridized carbons (Fsp3) is 0.111. The molecule has 2 N–H and O–H groups in total. The number of aliphatic hydroxyl groups excluding tert-OH is 1. The van der Waals surface area contributed by atoms with E-state index in [4.69, 9.17) is 0 Å². The van der Waals surface area contributed by atoms with Gasteiger partial charge in [0.25, 0.3) is 0 Å². The average Bonchev–Trinajstić information content (AvgIpc) is 2.90. The van der Waals surface area contributed by atoms with Crippen molar-refractivity contribution in [3.8, 4) is 11.3 Å². The highest BCUT2D eigenvalue weighted by Crippen LogP contribution is 2.28. The van der Waals surface area contributed by atoms with Crippen molar-refractivity contribution in [3.05, 3.63) is 75.6 Å². The molecule has 0 aliphatic carbocycles. The Bertz CT molecular complexity index is 1150. The van der Waals surface area contributed by atoms with Gasteiger partial charge >= 0.3 is 11.4 Å². The van der Waals surface area contributed by atoms with Crippen molar-refractivity contribution in [2.45, 2.75) is 6.54 Å². The van der Waals surface area contributed by atoms with Gasteiger partial charge in [-0.1, -0.05) is 48.5 Å². The van der Waals surface area contributed by atoms with Crippen molar-refractivity contribution in [2.24, 2.45) is 0 Å². The molecule has 24 heavy (non-hydrogen) atoms. The van der Waals surface area contributed by atoms with Gasteiger partial charge in [0.05, 0.1) is 29.9 Å². The van der Waals surface area contributed by atoms with E-state index in [2.05, 4.69) is 4.98 Å². The zero-order valence-corrected chi connectivity index (χ0v) is 12.8. The van der Waals surface area contributed by atoms with Gasteiger partial charge in [-0.3, -0.25) is 4.57 Å². The molecular weight excluding hydrogens is 306 g/mol. The monoisotopic (exact) mass is 321 g/mol. The first-order chi connectivity index (χ1) is 11.7. The number of fused-ring (bicyclic) bond motifs is 3. The summed E-state index contributed by atoms with van der Waals surface area (Å²) in [6.07, 6.45) is 0. The third-order valence-corrected chi connectivity index (χ3v) is 4.14. The van der Waals surface area contributed by atoms with Crippen LogP contribution in [-0.2, 0) is 6.54 Å². The lowest BCUT2D eigenvalue weighted by molar-refractivity contribution is 0.275. The highest BCUT2D eigenvalue weighted by Gasteiger charge is 2.20. The van der Waals surface area contributed by atoms with E-state index >= 15 is 0 Å². The third kappa shape index (κ3) is 2.00. The minimum Gasteiger partial charge on any atom is -0.395 e. The van der Waals surface area contributed by atoms with Crippen LogP contribution in [0.15, 0.2) is 64.2 Å².